The summed E-state index contributed by atoms with van der Waals surface area (Å²) in [6, 6.07) is 9.48. The summed E-state index contributed by atoms with van der Waals surface area (Å²) in [6.07, 6.45) is 2.02. The monoisotopic (exact) mass is 360 g/mol. The summed E-state index contributed by atoms with van der Waals surface area (Å²) in [6.45, 7) is 3.54. The van der Waals surface area contributed by atoms with Crippen LogP contribution in [0, 0.1) is 12.7 Å². The SMILES string of the molecule is Cc1cc(F)ccc1S(=O)(=O)c1ccc2c(c1)C1CCNCCC1N2. The highest BCUT2D eigenvalue weighted by Gasteiger charge is 2.34. The molecule has 0 radical (unpaired) electrons. The molecule has 0 bridgehead atoms. The summed E-state index contributed by atoms with van der Waals surface area (Å²) in [5.74, 6) is -0.0992. The van der Waals surface area contributed by atoms with Crippen LogP contribution in [0.4, 0.5) is 10.1 Å². The van der Waals surface area contributed by atoms with Crippen LogP contribution in [0.5, 0.6) is 0 Å². The molecular formula is C19H21FN2O2S. The Morgan fingerprint density at radius 1 is 1.08 bits per heavy atom. The van der Waals surface area contributed by atoms with Crippen LogP contribution >= 0.6 is 0 Å². The summed E-state index contributed by atoms with van der Waals surface area (Å²) in [7, 11) is -3.67. The Morgan fingerprint density at radius 2 is 1.88 bits per heavy atom. The number of aryl methyl sites for hydroxylation is 1. The first-order valence-electron chi connectivity index (χ1n) is 8.59. The molecule has 1 saturated heterocycles. The van der Waals surface area contributed by atoms with Crippen LogP contribution in [-0.4, -0.2) is 27.5 Å². The quantitative estimate of drug-likeness (QED) is 0.808. The predicted molar refractivity (Wildman–Crippen MR) is 95.3 cm³/mol. The van der Waals surface area contributed by atoms with Crippen LogP contribution in [-0.2, 0) is 9.84 Å². The molecule has 132 valence electrons. The van der Waals surface area contributed by atoms with Gasteiger partial charge in [-0.25, -0.2) is 12.8 Å². The second kappa shape index (κ2) is 6.11. The smallest absolute Gasteiger partial charge is 0.206 e. The number of sulfone groups is 1. The average Bonchev–Trinajstić information content (AvgIpc) is 2.74. The lowest BCUT2D eigenvalue weighted by atomic mass is 9.91. The van der Waals surface area contributed by atoms with Crippen molar-refractivity contribution in [1.82, 2.24) is 5.32 Å². The van der Waals surface area contributed by atoms with E-state index < -0.39 is 15.7 Å². The van der Waals surface area contributed by atoms with Gasteiger partial charge in [0.1, 0.15) is 5.82 Å². The fourth-order valence-electron chi connectivity index (χ4n) is 3.97. The molecule has 0 amide bonds. The lowest BCUT2D eigenvalue weighted by Crippen LogP contribution is -2.21. The van der Waals surface area contributed by atoms with Gasteiger partial charge in [0.05, 0.1) is 9.79 Å². The molecule has 0 spiro atoms. The number of nitrogens with one attached hydrogen (secondary N) is 2. The Bertz CT molecular complexity index is 927. The molecule has 2 aliphatic heterocycles. The third-order valence-corrected chi connectivity index (χ3v) is 7.16. The maximum atomic E-state index is 13.3. The van der Waals surface area contributed by atoms with Gasteiger partial charge in [0.15, 0.2) is 0 Å². The van der Waals surface area contributed by atoms with Crippen LogP contribution < -0.4 is 10.6 Å². The zero-order valence-electron chi connectivity index (χ0n) is 14.0. The number of fused-ring (bicyclic) bond motifs is 3. The maximum Gasteiger partial charge on any atom is 0.206 e. The van der Waals surface area contributed by atoms with Crippen LogP contribution in [0.2, 0.25) is 0 Å². The Balaban J connectivity index is 1.76. The van der Waals surface area contributed by atoms with E-state index in [2.05, 4.69) is 10.6 Å². The molecule has 0 aliphatic carbocycles. The van der Waals surface area contributed by atoms with Crippen molar-refractivity contribution < 1.29 is 12.8 Å². The number of rotatable bonds is 2. The van der Waals surface area contributed by atoms with Crippen molar-refractivity contribution >= 4 is 15.5 Å². The minimum atomic E-state index is -3.67. The van der Waals surface area contributed by atoms with Crippen molar-refractivity contribution in [2.24, 2.45) is 0 Å². The number of anilines is 1. The molecule has 2 atom stereocenters. The lowest BCUT2D eigenvalue weighted by molar-refractivity contribution is 0.576. The zero-order chi connectivity index (χ0) is 17.6. The van der Waals surface area contributed by atoms with E-state index in [1.54, 1.807) is 19.1 Å². The number of hydrogen-bond acceptors (Lipinski definition) is 4. The van der Waals surface area contributed by atoms with E-state index in [0.29, 0.717) is 17.5 Å². The largest absolute Gasteiger partial charge is 0.381 e. The van der Waals surface area contributed by atoms with E-state index in [1.807, 2.05) is 6.07 Å². The molecule has 0 aromatic heterocycles. The molecule has 4 rings (SSSR count). The fourth-order valence-corrected chi connectivity index (χ4v) is 5.49. The first-order chi connectivity index (χ1) is 12.0. The molecule has 4 nitrogen and oxygen atoms in total. The molecule has 1 fully saturated rings. The van der Waals surface area contributed by atoms with Crippen molar-refractivity contribution in [2.45, 2.75) is 41.5 Å². The number of hydrogen-bond donors (Lipinski definition) is 2. The van der Waals surface area contributed by atoms with Crippen LogP contribution in [0.25, 0.3) is 0 Å². The molecule has 6 heteroatoms. The fraction of sp³-hybridized carbons (Fsp3) is 0.368. The van der Waals surface area contributed by atoms with Gasteiger partial charge in [-0.2, -0.15) is 0 Å². The zero-order valence-corrected chi connectivity index (χ0v) is 14.9. The van der Waals surface area contributed by atoms with Gasteiger partial charge in [0.25, 0.3) is 0 Å². The molecule has 2 heterocycles. The normalized spacial score (nSPS) is 22.6. The number of benzene rings is 2. The topological polar surface area (TPSA) is 58.2 Å². The number of halogens is 1. The second-order valence-corrected chi connectivity index (χ2v) is 8.77. The van der Waals surface area contributed by atoms with E-state index in [-0.39, 0.29) is 9.79 Å². The van der Waals surface area contributed by atoms with Gasteiger partial charge < -0.3 is 10.6 Å². The van der Waals surface area contributed by atoms with E-state index >= 15 is 0 Å². The summed E-state index contributed by atoms with van der Waals surface area (Å²) in [5, 5.41) is 6.93. The Hall–Kier alpha value is -1.92. The van der Waals surface area contributed by atoms with Gasteiger partial charge in [0.2, 0.25) is 9.84 Å². The predicted octanol–water partition coefficient (Wildman–Crippen LogP) is 3.23. The maximum absolute atomic E-state index is 13.3. The van der Waals surface area contributed by atoms with Gasteiger partial charge in [-0.3, -0.25) is 0 Å². The van der Waals surface area contributed by atoms with Crippen molar-refractivity contribution in [3.05, 3.63) is 53.3 Å². The van der Waals surface area contributed by atoms with Crippen LogP contribution in [0.3, 0.4) is 0 Å². The van der Waals surface area contributed by atoms with Crippen molar-refractivity contribution in [1.29, 1.82) is 0 Å². The van der Waals surface area contributed by atoms with Gasteiger partial charge in [0, 0.05) is 17.6 Å². The summed E-state index contributed by atoms with van der Waals surface area (Å²) in [5.41, 5.74) is 2.54. The van der Waals surface area contributed by atoms with E-state index in [0.717, 1.165) is 37.2 Å². The first kappa shape index (κ1) is 16.5. The van der Waals surface area contributed by atoms with Crippen molar-refractivity contribution in [3.8, 4) is 0 Å². The Labute approximate surface area is 147 Å². The van der Waals surface area contributed by atoms with Gasteiger partial charge in [-0.1, -0.05) is 0 Å². The van der Waals surface area contributed by atoms with Gasteiger partial charge >= 0.3 is 0 Å². The molecule has 2 aliphatic rings. The minimum absolute atomic E-state index is 0.166. The standard InChI is InChI=1S/C19H21FN2O2S/c1-12-10-13(20)2-5-19(12)25(23,24)14-3-4-17-16(11-14)15-6-8-21-9-7-18(15)22-17/h2-5,10-11,15,18,21-22H,6-9H2,1H3. The van der Waals surface area contributed by atoms with Crippen molar-refractivity contribution in [2.75, 3.05) is 18.4 Å². The molecule has 2 aromatic carbocycles. The highest BCUT2D eigenvalue weighted by molar-refractivity contribution is 7.91. The molecule has 25 heavy (non-hydrogen) atoms. The summed E-state index contributed by atoms with van der Waals surface area (Å²) in [4.78, 5) is 0.444. The second-order valence-electron chi connectivity index (χ2n) is 6.85. The first-order valence-corrected chi connectivity index (χ1v) is 10.1. The molecular weight excluding hydrogens is 339 g/mol. The Morgan fingerprint density at radius 3 is 2.68 bits per heavy atom. The lowest BCUT2D eigenvalue weighted by Gasteiger charge is -2.16. The average molecular weight is 360 g/mol. The molecule has 0 saturated carbocycles. The van der Waals surface area contributed by atoms with E-state index in [9.17, 15) is 12.8 Å². The summed E-state index contributed by atoms with van der Waals surface area (Å²) >= 11 is 0. The molecule has 2 N–H and O–H groups in total. The minimum Gasteiger partial charge on any atom is -0.381 e. The third kappa shape index (κ3) is 2.83. The highest BCUT2D eigenvalue weighted by atomic mass is 32.2. The van der Waals surface area contributed by atoms with Crippen LogP contribution in [0.1, 0.15) is 29.9 Å². The molecule has 2 aromatic rings. The van der Waals surface area contributed by atoms with E-state index in [1.165, 1.54) is 18.2 Å². The van der Waals surface area contributed by atoms with Crippen LogP contribution in [0.15, 0.2) is 46.2 Å². The summed E-state index contributed by atoms with van der Waals surface area (Å²) < 4.78 is 39.4. The van der Waals surface area contributed by atoms with Crippen molar-refractivity contribution in [3.63, 3.8) is 0 Å². The van der Waals surface area contributed by atoms with Gasteiger partial charge in [-0.05, 0) is 80.4 Å². The third-order valence-electron chi connectivity index (χ3n) is 5.25. The Kier molecular flexibility index (Phi) is 4.04. The highest BCUT2D eigenvalue weighted by Crippen LogP contribution is 2.41. The van der Waals surface area contributed by atoms with Gasteiger partial charge in [-0.15, -0.1) is 0 Å². The molecule has 2 unspecified atom stereocenters. The van der Waals surface area contributed by atoms with E-state index in [4.69, 9.17) is 0 Å².